The van der Waals surface area contributed by atoms with Gasteiger partial charge in [-0.25, -0.2) is 0 Å². The third-order valence-corrected chi connectivity index (χ3v) is 1.78. The molecular formula is C11H18N2O. The van der Waals surface area contributed by atoms with Gasteiger partial charge in [0.05, 0.1) is 0 Å². The van der Waals surface area contributed by atoms with Crippen LogP contribution in [0, 0.1) is 0 Å². The molecule has 1 atom stereocenters. The number of carbonyl (C=O) groups excluding carboxylic acids is 1. The molecule has 0 spiro atoms. The van der Waals surface area contributed by atoms with E-state index in [1.54, 1.807) is 6.08 Å². The van der Waals surface area contributed by atoms with Crippen LogP contribution in [-0.4, -0.2) is 19.0 Å². The molecule has 0 radical (unpaired) electrons. The number of allylic oxidation sites excluding steroid dienone is 4. The topological polar surface area (TPSA) is 55.1 Å². The number of nitrogens with one attached hydrogen (secondary N) is 1. The van der Waals surface area contributed by atoms with E-state index in [0.717, 1.165) is 6.42 Å². The number of carbonyl (C=O) groups is 1. The van der Waals surface area contributed by atoms with E-state index in [4.69, 9.17) is 5.73 Å². The van der Waals surface area contributed by atoms with Crippen molar-refractivity contribution in [1.29, 1.82) is 0 Å². The fourth-order valence-electron chi connectivity index (χ4n) is 1.06. The monoisotopic (exact) mass is 194 g/mol. The van der Waals surface area contributed by atoms with Crippen LogP contribution in [0.2, 0.25) is 0 Å². The van der Waals surface area contributed by atoms with Crippen molar-refractivity contribution >= 4 is 6.41 Å². The van der Waals surface area contributed by atoms with Crippen molar-refractivity contribution in [3.8, 4) is 0 Å². The van der Waals surface area contributed by atoms with E-state index < -0.39 is 0 Å². The van der Waals surface area contributed by atoms with Crippen LogP contribution in [0.3, 0.4) is 0 Å². The van der Waals surface area contributed by atoms with Crippen molar-refractivity contribution in [2.75, 3.05) is 6.54 Å². The average Bonchev–Trinajstić information content (AvgIpc) is 2.17. The van der Waals surface area contributed by atoms with E-state index in [2.05, 4.69) is 11.9 Å². The molecule has 0 aromatic rings. The van der Waals surface area contributed by atoms with E-state index in [0.29, 0.717) is 13.0 Å². The van der Waals surface area contributed by atoms with Gasteiger partial charge in [-0.3, -0.25) is 4.79 Å². The second-order valence-corrected chi connectivity index (χ2v) is 3.05. The molecule has 1 amide bonds. The van der Waals surface area contributed by atoms with E-state index in [1.165, 1.54) is 5.57 Å². The molecule has 0 saturated carbocycles. The summed E-state index contributed by atoms with van der Waals surface area (Å²) < 4.78 is 0. The Bertz CT molecular complexity index is 231. The molecule has 0 rings (SSSR count). The van der Waals surface area contributed by atoms with Crippen molar-refractivity contribution in [2.45, 2.75) is 19.4 Å². The first-order valence-electron chi connectivity index (χ1n) is 4.59. The maximum atomic E-state index is 10.2. The first-order chi connectivity index (χ1) is 6.74. The molecule has 0 aliphatic rings. The summed E-state index contributed by atoms with van der Waals surface area (Å²) in [4.78, 5) is 10.2. The molecular weight excluding hydrogens is 176 g/mol. The van der Waals surface area contributed by atoms with Gasteiger partial charge in [0.15, 0.2) is 0 Å². The second kappa shape index (κ2) is 8.26. The molecule has 0 aliphatic heterocycles. The quantitative estimate of drug-likeness (QED) is 0.471. The Hall–Kier alpha value is -1.35. The lowest BCUT2D eigenvalue weighted by atomic mass is 10.1. The van der Waals surface area contributed by atoms with E-state index in [-0.39, 0.29) is 6.04 Å². The Kier molecular flexibility index (Phi) is 7.46. The van der Waals surface area contributed by atoms with Crippen LogP contribution in [0.5, 0.6) is 0 Å². The van der Waals surface area contributed by atoms with Gasteiger partial charge in [-0.2, -0.15) is 0 Å². The summed E-state index contributed by atoms with van der Waals surface area (Å²) >= 11 is 0. The molecule has 78 valence electrons. The first-order valence-corrected chi connectivity index (χ1v) is 4.59. The Labute approximate surface area is 85.4 Å². The van der Waals surface area contributed by atoms with Crippen LogP contribution in [0.15, 0.2) is 36.5 Å². The van der Waals surface area contributed by atoms with E-state index in [9.17, 15) is 4.79 Å². The maximum Gasteiger partial charge on any atom is 0.207 e. The van der Waals surface area contributed by atoms with Gasteiger partial charge < -0.3 is 11.1 Å². The van der Waals surface area contributed by atoms with Crippen molar-refractivity contribution in [1.82, 2.24) is 5.32 Å². The molecule has 3 heteroatoms. The molecule has 0 saturated heterocycles. The zero-order valence-electron chi connectivity index (χ0n) is 8.57. The Morgan fingerprint density at radius 3 is 2.79 bits per heavy atom. The Morgan fingerprint density at radius 2 is 2.29 bits per heavy atom. The zero-order valence-corrected chi connectivity index (χ0v) is 8.57. The van der Waals surface area contributed by atoms with Crippen LogP contribution in [0.4, 0.5) is 0 Å². The number of amides is 1. The molecule has 0 aromatic carbocycles. The zero-order chi connectivity index (χ0) is 10.8. The third-order valence-electron chi connectivity index (χ3n) is 1.78. The third kappa shape index (κ3) is 6.20. The Morgan fingerprint density at radius 1 is 1.57 bits per heavy atom. The highest BCUT2D eigenvalue weighted by molar-refractivity contribution is 5.46. The summed E-state index contributed by atoms with van der Waals surface area (Å²) in [5.74, 6) is 0. The highest BCUT2D eigenvalue weighted by Gasteiger charge is 2.04. The molecule has 1 unspecified atom stereocenters. The minimum Gasteiger partial charge on any atom is -0.354 e. The molecule has 3 nitrogen and oxygen atoms in total. The van der Waals surface area contributed by atoms with Gasteiger partial charge in [0, 0.05) is 12.6 Å². The largest absolute Gasteiger partial charge is 0.354 e. The number of rotatable bonds is 7. The predicted octanol–water partition coefficient (Wildman–Crippen LogP) is 1.14. The molecule has 0 fully saturated rings. The highest BCUT2D eigenvalue weighted by Crippen LogP contribution is 2.03. The van der Waals surface area contributed by atoms with E-state index >= 15 is 0 Å². The van der Waals surface area contributed by atoms with Gasteiger partial charge in [0.1, 0.15) is 0 Å². The summed E-state index contributed by atoms with van der Waals surface area (Å²) in [6.07, 6.45) is 8.93. The predicted molar refractivity (Wildman–Crippen MR) is 59.8 cm³/mol. The van der Waals surface area contributed by atoms with Gasteiger partial charge in [-0.1, -0.05) is 36.5 Å². The lowest BCUT2D eigenvalue weighted by Crippen LogP contribution is -2.35. The molecule has 14 heavy (non-hydrogen) atoms. The van der Waals surface area contributed by atoms with Crippen molar-refractivity contribution in [3.05, 3.63) is 36.5 Å². The van der Waals surface area contributed by atoms with E-state index in [1.807, 2.05) is 25.2 Å². The number of hydrogen-bond acceptors (Lipinski definition) is 2. The van der Waals surface area contributed by atoms with Crippen LogP contribution < -0.4 is 11.1 Å². The summed E-state index contributed by atoms with van der Waals surface area (Å²) in [7, 11) is 0. The van der Waals surface area contributed by atoms with Crippen LogP contribution in [-0.2, 0) is 4.79 Å². The van der Waals surface area contributed by atoms with Crippen LogP contribution >= 0.6 is 0 Å². The first kappa shape index (κ1) is 12.7. The van der Waals surface area contributed by atoms with Crippen molar-refractivity contribution in [2.24, 2.45) is 5.73 Å². The minimum atomic E-state index is 0.0286. The molecule has 3 N–H and O–H groups in total. The normalized spacial score (nSPS) is 14.0. The Balaban J connectivity index is 4.05. The maximum absolute atomic E-state index is 10.2. The van der Waals surface area contributed by atoms with Crippen molar-refractivity contribution < 1.29 is 4.79 Å². The molecule has 0 bridgehead atoms. The second-order valence-electron chi connectivity index (χ2n) is 3.05. The smallest absolute Gasteiger partial charge is 0.207 e. The lowest BCUT2D eigenvalue weighted by molar-refractivity contribution is -0.110. The fourth-order valence-corrected chi connectivity index (χ4v) is 1.06. The lowest BCUT2D eigenvalue weighted by Gasteiger charge is -2.13. The SMILES string of the molecule is C=C/C=C\C=C(/C)CC(CN)NC=O. The van der Waals surface area contributed by atoms with Crippen molar-refractivity contribution in [3.63, 3.8) is 0 Å². The molecule has 0 aliphatic carbocycles. The summed E-state index contributed by atoms with van der Waals surface area (Å²) in [5.41, 5.74) is 6.65. The summed E-state index contributed by atoms with van der Waals surface area (Å²) in [6.45, 7) is 6.03. The molecule has 0 heterocycles. The standard InChI is InChI=1S/C11H18N2O/c1-3-4-5-6-10(2)7-11(8-12)13-9-14/h3-6,9,11H,1,7-8,12H2,2H3,(H,13,14)/b5-4-,10-6+. The number of hydrogen-bond donors (Lipinski definition) is 2. The van der Waals surface area contributed by atoms with Gasteiger partial charge >= 0.3 is 0 Å². The average molecular weight is 194 g/mol. The summed E-state index contributed by atoms with van der Waals surface area (Å²) in [5, 5.41) is 2.66. The van der Waals surface area contributed by atoms with Crippen LogP contribution in [0.25, 0.3) is 0 Å². The molecule has 0 aromatic heterocycles. The van der Waals surface area contributed by atoms with Crippen LogP contribution in [0.1, 0.15) is 13.3 Å². The van der Waals surface area contributed by atoms with Gasteiger partial charge in [-0.05, 0) is 13.3 Å². The number of nitrogens with two attached hydrogens (primary N) is 1. The van der Waals surface area contributed by atoms with Gasteiger partial charge in [0.2, 0.25) is 6.41 Å². The highest BCUT2D eigenvalue weighted by atomic mass is 16.1. The minimum absolute atomic E-state index is 0.0286. The fraction of sp³-hybridized carbons (Fsp3) is 0.364. The summed E-state index contributed by atoms with van der Waals surface area (Å²) in [6, 6.07) is 0.0286. The van der Waals surface area contributed by atoms with Gasteiger partial charge in [0.25, 0.3) is 0 Å². The van der Waals surface area contributed by atoms with Gasteiger partial charge in [-0.15, -0.1) is 0 Å².